The van der Waals surface area contributed by atoms with Gasteiger partial charge in [0.05, 0.1) is 0 Å². The Balaban J connectivity index is 1.73. The van der Waals surface area contributed by atoms with Crippen LogP contribution in [0.15, 0.2) is 59.5 Å². The van der Waals surface area contributed by atoms with Crippen molar-refractivity contribution in [1.82, 2.24) is 5.32 Å². The maximum Gasteiger partial charge on any atom is 0.316 e. The van der Waals surface area contributed by atoms with Gasteiger partial charge in [-0.1, -0.05) is 24.3 Å². The number of rotatable bonds is 7. The number of nitrogens with one attached hydrogen (secondary N) is 2. The second-order valence-corrected chi connectivity index (χ2v) is 6.01. The maximum absolute atomic E-state index is 12.1. The lowest BCUT2D eigenvalue weighted by molar-refractivity contribution is 0.0954. The number of thioether (sulfide) groups is 1. The van der Waals surface area contributed by atoms with E-state index in [9.17, 15) is 9.59 Å². The average molecular weight is 329 g/mol. The highest BCUT2D eigenvalue weighted by Crippen LogP contribution is 2.17. The minimum Gasteiger partial charge on any atom is -0.352 e. The molecular weight excluding hydrogens is 310 g/mol. The van der Waals surface area contributed by atoms with Gasteiger partial charge in [-0.05, 0) is 42.5 Å². The van der Waals surface area contributed by atoms with Crippen LogP contribution in [0.3, 0.4) is 0 Å². The molecular formula is C17H19N3O2S. The van der Waals surface area contributed by atoms with Gasteiger partial charge in [-0.25, -0.2) is 4.79 Å². The van der Waals surface area contributed by atoms with E-state index in [1.54, 1.807) is 36.0 Å². The van der Waals surface area contributed by atoms with Crippen LogP contribution in [0.25, 0.3) is 0 Å². The highest BCUT2D eigenvalue weighted by Gasteiger charge is 2.06. The van der Waals surface area contributed by atoms with Crippen molar-refractivity contribution in [2.75, 3.05) is 17.6 Å². The average Bonchev–Trinajstić information content (AvgIpc) is 2.55. The van der Waals surface area contributed by atoms with Gasteiger partial charge < -0.3 is 16.4 Å². The molecule has 0 aromatic heterocycles. The molecule has 0 radical (unpaired) electrons. The van der Waals surface area contributed by atoms with Crippen molar-refractivity contribution in [2.45, 2.75) is 11.3 Å². The van der Waals surface area contributed by atoms with E-state index in [-0.39, 0.29) is 5.91 Å². The summed E-state index contributed by atoms with van der Waals surface area (Å²) in [5.41, 5.74) is 6.06. The highest BCUT2D eigenvalue weighted by atomic mass is 32.2. The summed E-state index contributed by atoms with van der Waals surface area (Å²) < 4.78 is 0. The molecule has 2 aromatic carbocycles. The zero-order chi connectivity index (χ0) is 16.5. The van der Waals surface area contributed by atoms with Crippen LogP contribution in [0.2, 0.25) is 0 Å². The van der Waals surface area contributed by atoms with E-state index < -0.39 is 6.03 Å². The summed E-state index contributed by atoms with van der Waals surface area (Å²) in [4.78, 5) is 24.1. The predicted molar refractivity (Wildman–Crippen MR) is 93.8 cm³/mol. The van der Waals surface area contributed by atoms with E-state index in [1.807, 2.05) is 18.2 Å². The second-order valence-electron chi connectivity index (χ2n) is 4.84. The Morgan fingerprint density at radius 1 is 1.04 bits per heavy atom. The number of carbonyl (C=O) groups excluding carboxylic acids is 2. The molecule has 4 N–H and O–H groups in total. The summed E-state index contributed by atoms with van der Waals surface area (Å²) in [5.74, 6) is 0.774. The molecule has 3 amide bonds. The Kier molecular flexibility index (Phi) is 6.50. The van der Waals surface area contributed by atoms with Crippen LogP contribution in [0, 0.1) is 0 Å². The van der Waals surface area contributed by atoms with Crippen molar-refractivity contribution in [3.05, 3.63) is 60.2 Å². The summed E-state index contributed by atoms with van der Waals surface area (Å²) in [6.07, 6.45) is 0.879. The van der Waals surface area contributed by atoms with Crippen LogP contribution < -0.4 is 16.4 Å². The van der Waals surface area contributed by atoms with Gasteiger partial charge >= 0.3 is 6.03 Å². The molecule has 0 saturated heterocycles. The molecule has 0 aliphatic rings. The van der Waals surface area contributed by atoms with Crippen LogP contribution in [-0.4, -0.2) is 24.2 Å². The molecule has 0 saturated carbocycles. The van der Waals surface area contributed by atoms with Gasteiger partial charge in [-0.2, -0.15) is 0 Å². The van der Waals surface area contributed by atoms with Crippen LogP contribution in [-0.2, 0) is 0 Å². The molecule has 2 rings (SSSR count). The predicted octanol–water partition coefficient (Wildman–Crippen LogP) is 3.09. The summed E-state index contributed by atoms with van der Waals surface area (Å²) in [6, 6.07) is 16.2. The Morgan fingerprint density at radius 3 is 2.57 bits per heavy atom. The summed E-state index contributed by atoms with van der Waals surface area (Å²) in [6.45, 7) is 0.603. The number of nitrogens with two attached hydrogens (primary N) is 1. The Labute approximate surface area is 139 Å². The monoisotopic (exact) mass is 329 g/mol. The SMILES string of the molecule is NC(=O)Nc1cccc(C(=O)NCCCSc2ccccc2)c1. The van der Waals surface area contributed by atoms with Crippen LogP contribution in [0.4, 0.5) is 10.5 Å². The molecule has 0 bridgehead atoms. The van der Waals surface area contributed by atoms with Crippen molar-refractivity contribution < 1.29 is 9.59 Å². The molecule has 120 valence electrons. The molecule has 6 heteroatoms. The van der Waals surface area contributed by atoms with E-state index in [0.717, 1.165) is 12.2 Å². The topological polar surface area (TPSA) is 84.2 Å². The first-order valence-electron chi connectivity index (χ1n) is 7.28. The molecule has 23 heavy (non-hydrogen) atoms. The van der Waals surface area contributed by atoms with Crippen LogP contribution in [0.5, 0.6) is 0 Å². The van der Waals surface area contributed by atoms with Gasteiger partial charge in [-0.15, -0.1) is 11.8 Å². The second kappa shape index (κ2) is 8.85. The zero-order valence-electron chi connectivity index (χ0n) is 12.6. The lowest BCUT2D eigenvalue weighted by Gasteiger charge is -2.07. The molecule has 0 spiro atoms. The quantitative estimate of drug-likeness (QED) is 0.539. The van der Waals surface area contributed by atoms with Crippen LogP contribution in [0.1, 0.15) is 16.8 Å². The first-order chi connectivity index (χ1) is 11.1. The largest absolute Gasteiger partial charge is 0.352 e. The third kappa shape index (κ3) is 6.04. The molecule has 0 aliphatic carbocycles. The molecule has 5 nitrogen and oxygen atoms in total. The third-order valence-electron chi connectivity index (χ3n) is 3.01. The first kappa shape index (κ1) is 16.9. The fourth-order valence-electron chi connectivity index (χ4n) is 1.96. The van der Waals surface area contributed by atoms with Gasteiger partial charge in [0.25, 0.3) is 5.91 Å². The minimum atomic E-state index is -0.652. The van der Waals surface area contributed by atoms with Crippen molar-refractivity contribution in [2.24, 2.45) is 5.73 Å². The van der Waals surface area contributed by atoms with E-state index in [1.165, 1.54) is 4.90 Å². The Bertz CT molecular complexity index is 662. The number of benzene rings is 2. The van der Waals surface area contributed by atoms with E-state index in [4.69, 9.17) is 5.73 Å². The standard InChI is InChI=1S/C17H19N3O2S/c18-17(22)20-14-7-4-6-13(12-14)16(21)19-10-5-11-23-15-8-2-1-3-9-15/h1-4,6-9,12H,5,10-11H2,(H,19,21)(H3,18,20,22). The summed E-state index contributed by atoms with van der Waals surface area (Å²) >= 11 is 1.76. The van der Waals surface area contributed by atoms with E-state index in [2.05, 4.69) is 22.8 Å². The zero-order valence-corrected chi connectivity index (χ0v) is 13.4. The van der Waals surface area contributed by atoms with Crippen LogP contribution >= 0.6 is 11.8 Å². The molecule has 0 fully saturated rings. The lowest BCUT2D eigenvalue weighted by atomic mass is 10.2. The third-order valence-corrected chi connectivity index (χ3v) is 4.11. The maximum atomic E-state index is 12.1. The number of urea groups is 1. The van der Waals surface area contributed by atoms with Gasteiger partial charge in [0.15, 0.2) is 0 Å². The van der Waals surface area contributed by atoms with Crippen molar-refractivity contribution in [3.8, 4) is 0 Å². The Hall–Kier alpha value is -2.47. The highest BCUT2D eigenvalue weighted by molar-refractivity contribution is 7.99. The van der Waals surface area contributed by atoms with E-state index in [0.29, 0.717) is 17.8 Å². The first-order valence-corrected chi connectivity index (χ1v) is 8.26. The minimum absolute atomic E-state index is 0.164. The lowest BCUT2D eigenvalue weighted by Crippen LogP contribution is -2.25. The Morgan fingerprint density at radius 2 is 1.83 bits per heavy atom. The molecule has 2 aromatic rings. The fourth-order valence-corrected chi connectivity index (χ4v) is 2.84. The molecule has 0 aliphatic heterocycles. The van der Waals surface area contributed by atoms with Crippen molar-refractivity contribution >= 4 is 29.4 Å². The smallest absolute Gasteiger partial charge is 0.316 e. The van der Waals surface area contributed by atoms with Gasteiger partial charge in [-0.3, -0.25) is 4.79 Å². The number of hydrogen-bond acceptors (Lipinski definition) is 3. The summed E-state index contributed by atoms with van der Waals surface area (Å²) in [5, 5.41) is 5.32. The van der Waals surface area contributed by atoms with Crippen molar-refractivity contribution in [3.63, 3.8) is 0 Å². The number of hydrogen-bond donors (Lipinski definition) is 3. The molecule has 0 unspecified atom stereocenters. The summed E-state index contributed by atoms with van der Waals surface area (Å²) in [7, 11) is 0. The number of amides is 3. The van der Waals surface area contributed by atoms with Gasteiger partial charge in [0, 0.05) is 22.7 Å². The number of anilines is 1. The van der Waals surface area contributed by atoms with Crippen molar-refractivity contribution in [1.29, 1.82) is 0 Å². The van der Waals surface area contributed by atoms with Gasteiger partial charge in [0.2, 0.25) is 0 Å². The van der Waals surface area contributed by atoms with Gasteiger partial charge in [0.1, 0.15) is 0 Å². The molecule has 0 heterocycles. The van der Waals surface area contributed by atoms with E-state index >= 15 is 0 Å². The normalized spacial score (nSPS) is 10.1. The molecule has 0 atom stereocenters. The number of carbonyl (C=O) groups is 2. The number of primary amides is 1. The fraction of sp³-hybridized carbons (Fsp3) is 0.176.